The van der Waals surface area contributed by atoms with Crippen LogP contribution in [0.2, 0.25) is 0 Å². The van der Waals surface area contributed by atoms with Crippen molar-refractivity contribution < 1.29 is 56.2 Å². The third-order valence-corrected chi connectivity index (χ3v) is 4.63. The first-order valence-corrected chi connectivity index (χ1v) is 9.36. The molecule has 1 saturated heterocycles. The van der Waals surface area contributed by atoms with Gasteiger partial charge in [-0.1, -0.05) is 6.92 Å². The lowest BCUT2D eigenvalue weighted by Gasteiger charge is -2.42. The third kappa shape index (κ3) is 6.09. The Morgan fingerprint density at radius 2 is 1.67 bits per heavy atom. The van der Waals surface area contributed by atoms with Gasteiger partial charge < -0.3 is 23.7 Å². The molecule has 1 aliphatic rings. The van der Waals surface area contributed by atoms with Crippen LogP contribution in [0, 0.1) is 16.0 Å². The van der Waals surface area contributed by atoms with E-state index in [4.69, 9.17) is 18.9 Å². The van der Waals surface area contributed by atoms with Gasteiger partial charge in [0.1, 0.15) is 0 Å². The lowest BCUT2D eigenvalue weighted by atomic mass is 9.90. The van der Waals surface area contributed by atoms with Crippen LogP contribution in [-0.2, 0) is 39.5 Å². The summed E-state index contributed by atoms with van der Waals surface area (Å²) in [6, 6.07) is 1.47. The van der Waals surface area contributed by atoms with Crippen LogP contribution in [-0.4, -0.2) is 54.5 Å². The molecular formula is C19H20F3NO10. The number of carbonyl (C=O) groups excluding carboxylic acids is 3. The summed E-state index contributed by atoms with van der Waals surface area (Å²) in [6.07, 6.45) is -10.9. The molecule has 0 radical (unpaired) electrons. The van der Waals surface area contributed by atoms with Crippen LogP contribution in [0.5, 0.6) is 5.75 Å². The lowest BCUT2D eigenvalue weighted by molar-refractivity contribution is -0.387. The molecule has 14 heteroatoms. The Hall–Kier alpha value is -3.42. The number of nitrogens with zero attached hydrogens (tertiary/aromatic N) is 1. The average molecular weight is 479 g/mol. The molecule has 0 unspecified atom stereocenters. The summed E-state index contributed by atoms with van der Waals surface area (Å²) in [5, 5.41) is 11.4. The quantitative estimate of drug-likeness (QED) is 0.258. The summed E-state index contributed by atoms with van der Waals surface area (Å²) in [5.74, 6) is -4.20. The molecule has 0 aromatic heterocycles. The maximum absolute atomic E-state index is 13.0. The molecule has 0 amide bonds. The molecule has 1 heterocycles. The van der Waals surface area contributed by atoms with Crippen LogP contribution in [0.15, 0.2) is 18.2 Å². The van der Waals surface area contributed by atoms with Gasteiger partial charge in [-0.15, -0.1) is 0 Å². The molecule has 182 valence electrons. The molecule has 1 aromatic carbocycles. The maximum Gasteiger partial charge on any atom is 0.416 e. The zero-order chi connectivity index (χ0) is 25.1. The van der Waals surface area contributed by atoms with Gasteiger partial charge >= 0.3 is 29.8 Å². The molecule has 2 rings (SSSR count). The van der Waals surface area contributed by atoms with Crippen molar-refractivity contribution in [1.29, 1.82) is 0 Å². The van der Waals surface area contributed by atoms with E-state index in [0.717, 1.165) is 21.0 Å². The number of rotatable bonds is 6. The minimum Gasteiger partial charge on any atom is -0.467 e. The molecule has 0 spiro atoms. The fourth-order valence-electron chi connectivity index (χ4n) is 3.19. The van der Waals surface area contributed by atoms with E-state index in [1.807, 2.05) is 0 Å². The summed E-state index contributed by atoms with van der Waals surface area (Å²) in [7, 11) is 1.05. The number of benzene rings is 1. The number of methoxy groups -OCH3 is 1. The molecule has 0 bridgehead atoms. The molecule has 0 aliphatic carbocycles. The smallest absolute Gasteiger partial charge is 0.416 e. The first-order valence-electron chi connectivity index (χ1n) is 9.36. The fourth-order valence-corrected chi connectivity index (χ4v) is 3.19. The molecule has 1 aromatic rings. The monoisotopic (exact) mass is 479 g/mol. The molecular weight excluding hydrogens is 459 g/mol. The van der Waals surface area contributed by atoms with Crippen LogP contribution >= 0.6 is 0 Å². The van der Waals surface area contributed by atoms with E-state index < -0.39 is 76.5 Å². The van der Waals surface area contributed by atoms with Crippen molar-refractivity contribution in [3.63, 3.8) is 0 Å². The first-order chi connectivity index (χ1) is 15.3. The number of nitro benzene ring substituents is 1. The van der Waals surface area contributed by atoms with Gasteiger partial charge in [0.05, 0.1) is 17.6 Å². The minimum atomic E-state index is -4.86. The Morgan fingerprint density at radius 1 is 1.09 bits per heavy atom. The van der Waals surface area contributed by atoms with E-state index in [-0.39, 0.29) is 6.07 Å². The Morgan fingerprint density at radius 3 is 2.15 bits per heavy atom. The summed E-state index contributed by atoms with van der Waals surface area (Å²) < 4.78 is 64.8. The number of esters is 3. The summed E-state index contributed by atoms with van der Waals surface area (Å²) in [5.41, 5.74) is -2.37. The molecule has 0 saturated carbocycles. The lowest BCUT2D eigenvalue weighted by Crippen LogP contribution is -2.60. The zero-order valence-corrected chi connectivity index (χ0v) is 17.8. The number of carbonyl (C=O) groups is 3. The van der Waals surface area contributed by atoms with E-state index in [1.165, 1.54) is 6.92 Å². The van der Waals surface area contributed by atoms with Gasteiger partial charge in [0.25, 0.3) is 0 Å². The van der Waals surface area contributed by atoms with Crippen molar-refractivity contribution in [1.82, 2.24) is 0 Å². The first kappa shape index (κ1) is 25.8. The van der Waals surface area contributed by atoms with E-state index in [2.05, 4.69) is 4.74 Å². The molecule has 1 aliphatic heterocycles. The van der Waals surface area contributed by atoms with Gasteiger partial charge in [-0.05, 0) is 12.1 Å². The van der Waals surface area contributed by atoms with Crippen LogP contribution in [0.1, 0.15) is 26.3 Å². The van der Waals surface area contributed by atoms with E-state index >= 15 is 0 Å². The Balaban J connectivity index is 2.53. The van der Waals surface area contributed by atoms with E-state index in [0.29, 0.717) is 12.1 Å². The highest BCUT2D eigenvalue weighted by Gasteiger charge is 2.52. The van der Waals surface area contributed by atoms with Crippen LogP contribution < -0.4 is 4.74 Å². The molecule has 1 fully saturated rings. The second-order valence-electron chi connectivity index (χ2n) is 7.01. The number of nitro groups is 1. The molecule has 0 N–H and O–H groups in total. The highest BCUT2D eigenvalue weighted by molar-refractivity contribution is 5.75. The second kappa shape index (κ2) is 10.0. The topological polar surface area (TPSA) is 141 Å². The SMILES string of the molecule is COC(=O)[C@H]1O[C@@H](Oc2ccc(C(F)(F)F)cc2[N+](=O)[O-])[C@H](OC(C)=O)[C@@H](OC(C)=O)[C@@H]1C. The summed E-state index contributed by atoms with van der Waals surface area (Å²) >= 11 is 0. The maximum atomic E-state index is 13.0. The molecule has 5 atom stereocenters. The number of ether oxygens (including phenoxy) is 5. The Bertz CT molecular complexity index is 935. The number of alkyl halides is 3. The normalized spacial score (nSPS) is 25.0. The Labute approximate surface area is 184 Å². The highest BCUT2D eigenvalue weighted by Crippen LogP contribution is 2.38. The highest BCUT2D eigenvalue weighted by atomic mass is 19.4. The predicted octanol–water partition coefficient (Wildman–Crippen LogP) is 2.39. The second-order valence-corrected chi connectivity index (χ2v) is 7.01. The van der Waals surface area contributed by atoms with Crippen molar-refractivity contribution in [3.05, 3.63) is 33.9 Å². The average Bonchev–Trinajstić information content (AvgIpc) is 2.70. The Kier molecular flexibility index (Phi) is 7.84. The largest absolute Gasteiger partial charge is 0.467 e. The fraction of sp³-hybridized carbons (Fsp3) is 0.526. The van der Waals surface area contributed by atoms with Crippen LogP contribution in [0.3, 0.4) is 0 Å². The standard InChI is InChI=1S/C19H20F3NO10/c1-8-14(30-9(2)24)16(31-10(3)25)18(33-15(8)17(26)29-4)32-13-6-5-11(19(20,21)22)7-12(13)23(27)28/h5-8,14-16,18H,1-4H3/t8-,14-,15-,16+,18+/m0/s1. The minimum absolute atomic E-state index is 0.253. The van der Waals surface area contributed by atoms with Crippen molar-refractivity contribution in [2.24, 2.45) is 5.92 Å². The van der Waals surface area contributed by atoms with E-state index in [9.17, 15) is 37.7 Å². The van der Waals surface area contributed by atoms with Gasteiger partial charge in [-0.25, -0.2) is 4.79 Å². The van der Waals surface area contributed by atoms with Crippen LogP contribution in [0.25, 0.3) is 0 Å². The number of halogens is 3. The summed E-state index contributed by atoms with van der Waals surface area (Å²) in [6.45, 7) is 3.50. The van der Waals surface area contributed by atoms with Crippen molar-refractivity contribution in [2.75, 3.05) is 7.11 Å². The van der Waals surface area contributed by atoms with Crippen molar-refractivity contribution in [2.45, 2.75) is 51.5 Å². The zero-order valence-electron chi connectivity index (χ0n) is 17.8. The van der Waals surface area contributed by atoms with Crippen LogP contribution in [0.4, 0.5) is 18.9 Å². The third-order valence-electron chi connectivity index (χ3n) is 4.63. The van der Waals surface area contributed by atoms with Gasteiger partial charge in [0, 0.05) is 25.8 Å². The van der Waals surface area contributed by atoms with Crippen molar-refractivity contribution in [3.8, 4) is 5.75 Å². The molecule has 33 heavy (non-hydrogen) atoms. The van der Waals surface area contributed by atoms with Crippen molar-refractivity contribution >= 4 is 23.6 Å². The number of hydrogen-bond acceptors (Lipinski definition) is 10. The van der Waals surface area contributed by atoms with Gasteiger partial charge in [0.2, 0.25) is 12.4 Å². The van der Waals surface area contributed by atoms with E-state index in [1.54, 1.807) is 0 Å². The van der Waals surface area contributed by atoms with Gasteiger partial charge in [0.15, 0.2) is 18.0 Å². The molecule has 11 nitrogen and oxygen atoms in total. The van der Waals surface area contributed by atoms with Gasteiger partial charge in [-0.2, -0.15) is 13.2 Å². The van der Waals surface area contributed by atoms with Gasteiger partial charge in [-0.3, -0.25) is 19.7 Å². The summed E-state index contributed by atoms with van der Waals surface area (Å²) in [4.78, 5) is 45.7. The predicted molar refractivity (Wildman–Crippen MR) is 99.7 cm³/mol. The number of hydrogen-bond donors (Lipinski definition) is 0.